The number of fused-ring (bicyclic) bond motifs is 2. The summed E-state index contributed by atoms with van der Waals surface area (Å²) in [5, 5.41) is 14.1. The molecule has 4 aromatic carbocycles. The molecular formula is C29H30O6. The van der Waals surface area contributed by atoms with Gasteiger partial charge in [-0.2, -0.15) is 0 Å². The molecule has 4 aromatic rings. The van der Waals surface area contributed by atoms with Gasteiger partial charge in [-0.05, 0) is 44.2 Å². The van der Waals surface area contributed by atoms with Crippen molar-refractivity contribution in [1.82, 2.24) is 0 Å². The summed E-state index contributed by atoms with van der Waals surface area (Å²) in [4.78, 5) is 0. The van der Waals surface area contributed by atoms with Gasteiger partial charge in [0.05, 0.1) is 32.0 Å². The first kappa shape index (κ1) is 23.4. The molecule has 3 unspecified atom stereocenters. The molecule has 0 radical (unpaired) electrons. The number of hydrogen-bond acceptors (Lipinski definition) is 6. The Hall–Kier alpha value is -3.32. The SMILES string of the molecule is CC(COc1c2ccccc2c(O)c2cc(Oc3ccccc3)ccc12)OCC(C)OCC1CO1. The standard InChI is InChI=1S/C29H30O6/c1-19(32-17-23-18-33-23)15-31-20(2)16-34-29-25-11-7-6-10-24(25)28(30)27-14-22(12-13-26(27)29)35-21-8-4-3-5-9-21/h3-14,19-20,23,30H,15-18H2,1-2H3. The van der Waals surface area contributed by atoms with Crippen molar-refractivity contribution in [1.29, 1.82) is 0 Å². The highest BCUT2D eigenvalue weighted by Crippen LogP contribution is 2.43. The third-order valence-corrected chi connectivity index (χ3v) is 5.94. The van der Waals surface area contributed by atoms with Gasteiger partial charge < -0.3 is 28.8 Å². The summed E-state index contributed by atoms with van der Waals surface area (Å²) < 4.78 is 29.2. The van der Waals surface area contributed by atoms with Gasteiger partial charge in [0, 0.05) is 21.5 Å². The highest BCUT2D eigenvalue weighted by atomic mass is 16.6. The minimum absolute atomic E-state index is 0.0139. The Morgan fingerprint density at radius 3 is 2.26 bits per heavy atom. The zero-order valence-electron chi connectivity index (χ0n) is 20.0. The minimum Gasteiger partial charge on any atom is -0.507 e. The van der Waals surface area contributed by atoms with E-state index in [1.807, 2.05) is 86.6 Å². The van der Waals surface area contributed by atoms with Gasteiger partial charge in [-0.25, -0.2) is 0 Å². The molecule has 0 aromatic heterocycles. The molecule has 0 aliphatic carbocycles. The van der Waals surface area contributed by atoms with Crippen LogP contribution in [0.15, 0.2) is 72.8 Å². The van der Waals surface area contributed by atoms with Crippen molar-refractivity contribution in [3.05, 3.63) is 72.8 Å². The molecule has 6 nitrogen and oxygen atoms in total. The second-order valence-corrected chi connectivity index (χ2v) is 8.90. The van der Waals surface area contributed by atoms with Crippen LogP contribution >= 0.6 is 0 Å². The van der Waals surface area contributed by atoms with Crippen molar-refractivity contribution in [2.24, 2.45) is 0 Å². The van der Waals surface area contributed by atoms with E-state index in [9.17, 15) is 5.11 Å². The lowest BCUT2D eigenvalue weighted by molar-refractivity contribution is -0.0449. The molecular weight excluding hydrogens is 444 g/mol. The largest absolute Gasteiger partial charge is 0.507 e. The summed E-state index contributed by atoms with van der Waals surface area (Å²) in [6, 6.07) is 22.9. The number of aromatic hydroxyl groups is 1. The zero-order valence-corrected chi connectivity index (χ0v) is 20.0. The van der Waals surface area contributed by atoms with E-state index in [1.165, 1.54) is 0 Å². The number of benzene rings is 4. The summed E-state index contributed by atoms with van der Waals surface area (Å²) in [6.45, 7) is 6.21. The van der Waals surface area contributed by atoms with E-state index < -0.39 is 0 Å². The first-order valence-corrected chi connectivity index (χ1v) is 12.0. The van der Waals surface area contributed by atoms with Gasteiger partial charge in [0.25, 0.3) is 0 Å². The van der Waals surface area contributed by atoms with Gasteiger partial charge >= 0.3 is 0 Å². The summed E-state index contributed by atoms with van der Waals surface area (Å²) in [7, 11) is 0. The number of phenolic OH excluding ortho intramolecular Hbond substituents is 1. The Bertz CT molecular complexity index is 1280. The summed E-state index contributed by atoms with van der Waals surface area (Å²) in [5.74, 6) is 2.29. The molecule has 182 valence electrons. The van der Waals surface area contributed by atoms with Gasteiger partial charge in [-0.1, -0.05) is 42.5 Å². The van der Waals surface area contributed by atoms with Crippen molar-refractivity contribution in [3.63, 3.8) is 0 Å². The fraction of sp³-hybridized carbons (Fsp3) is 0.310. The fourth-order valence-electron chi connectivity index (χ4n) is 3.97. The second kappa shape index (κ2) is 10.5. The Kier molecular flexibility index (Phi) is 7.04. The normalized spacial score (nSPS) is 16.8. The molecule has 1 aliphatic heterocycles. The molecule has 35 heavy (non-hydrogen) atoms. The van der Waals surface area contributed by atoms with E-state index in [0.29, 0.717) is 36.7 Å². The number of para-hydroxylation sites is 1. The number of hydrogen-bond donors (Lipinski definition) is 1. The maximum atomic E-state index is 11.1. The van der Waals surface area contributed by atoms with Crippen LogP contribution in [-0.2, 0) is 14.2 Å². The first-order chi connectivity index (χ1) is 17.1. The van der Waals surface area contributed by atoms with Gasteiger partial charge in [-0.15, -0.1) is 0 Å². The average molecular weight is 475 g/mol. The van der Waals surface area contributed by atoms with E-state index >= 15 is 0 Å². The fourth-order valence-corrected chi connectivity index (χ4v) is 3.97. The van der Waals surface area contributed by atoms with E-state index in [-0.39, 0.29) is 24.1 Å². The predicted octanol–water partition coefficient (Wildman–Crippen LogP) is 6.08. The Balaban J connectivity index is 1.35. The van der Waals surface area contributed by atoms with Crippen molar-refractivity contribution in [2.45, 2.75) is 32.2 Å². The van der Waals surface area contributed by atoms with Crippen LogP contribution < -0.4 is 9.47 Å². The van der Waals surface area contributed by atoms with Crippen LogP contribution in [-0.4, -0.2) is 49.8 Å². The number of ether oxygens (including phenoxy) is 5. The maximum Gasteiger partial charge on any atom is 0.135 e. The third-order valence-electron chi connectivity index (χ3n) is 5.94. The highest BCUT2D eigenvalue weighted by Gasteiger charge is 2.23. The van der Waals surface area contributed by atoms with Crippen molar-refractivity contribution in [2.75, 3.05) is 26.4 Å². The monoisotopic (exact) mass is 474 g/mol. The summed E-state index contributed by atoms with van der Waals surface area (Å²) >= 11 is 0. The Morgan fingerprint density at radius 2 is 1.49 bits per heavy atom. The first-order valence-electron chi connectivity index (χ1n) is 12.0. The zero-order chi connectivity index (χ0) is 24.2. The van der Waals surface area contributed by atoms with E-state index in [4.69, 9.17) is 23.7 Å². The second-order valence-electron chi connectivity index (χ2n) is 8.90. The molecule has 0 saturated carbocycles. The lowest BCUT2D eigenvalue weighted by Gasteiger charge is -2.20. The number of rotatable bonds is 11. The van der Waals surface area contributed by atoms with Crippen LogP contribution in [0, 0.1) is 0 Å². The quantitative estimate of drug-likeness (QED) is 0.210. The highest BCUT2D eigenvalue weighted by molar-refractivity contribution is 6.11. The van der Waals surface area contributed by atoms with Crippen molar-refractivity contribution < 1.29 is 28.8 Å². The molecule has 0 bridgehead atoms. The molecule has 1 heterocycles. The van der Waals surface area contributed by atoms with Gasteiger partial charge in [0.2, 0.25) is 0 Å². The van der Waals surface area contributed by atoms with Crippen LogP contribution in [0.5, 0.6) is 23.0 Å². The van der Waals surface area contributed by atoms with Crippen LogP contribution in [0.3, 0.4) is 0 Å². The van der Waals surface area contributed by atoms with Gasteiger partial charge in [-0.3, -0.25) is 0 Å². The smallest absolute Gasteiger partial charge is 0.135 e. The van der Waals surface area contributed by atoms with Gasteiger partial charge in [0.1, 0.15) is 35.7 Å². The third kappa shape index (κ3) is 5.68. The Labute approximate surface area is 204 Å². The van der Waals surface area contributed by atoms with Crippen LogP contribution in [0.2, 0.25) is 0 Å². The molecule has 0 amide bonds. The van der Waals surface area contributed by atoms with Crippen LogP contribution in [0.4, 0.5) is 0 Å². The average Bonchev–Trinajstić information content (AvgIpc) is 3.72. The molecule has 1 fully saturated rings. The maximum absolute atomic E-state index is 11.1. The molecule has 0 spiro atoms. The minimum atomic E-state index is -0.137. The number of epoxide rings is 1. The molecule has 1 saturated heterocycles. The van der Waals surface area contributed by atoms with Crippen molar-refractivity contribution in [3.8, 4) is 23.0 Å². The van der Waals surface area contributed by atoms with Gasteiger partial charge in [0.15, 0.2) is 0 Å². The number of phenols is 1. The topological polar surface area (TPSA) is 69.7 Å². The molecule has 5 rings (SSSR count). The lowest BCUT2D eigenvalue weighted by atomic mass is 10.0. The van der Waals surface area contributed by atoms with E-state index in [1.54, 1.807) is 0 Å². The predicted molar refractivity (Wildman–Crippen MR) is 136 cm³/mol. The summed E-state index contributed by atoms with van der Waals surface area (Å²) in [6.07, 6.45) is 0.0921. The summed E-state index contributed by atoms with van der Waals surface area (Å²) in [5.41, 5.74) is 0. The lowest BCUT2D eigenvalue weighted by Crippen LogP contribution is -2.25. The molecule has 6 heteroatoms. The van der Waals surface area contributed by atoms with Crippen molar-refractivity contribution >= 4 is 21.5 Å². The Morgan fingerprint density at radius 1 is 0.800 bits per heavy atom. The molecule has 1 aliphatic rings. The molecule has 1 N–H and O–H groups in total. The van der Waals surface area contributed by atoms with E-state index in [0.717, 1.165) is 28.5 Å². The molecule has 3 atom stereocenters. The van der Waals surface area contributed by atoms with Crippen LogP contribution in [0.1, 0.15) is 13.8 Å². The van der Waals surface area contributed by atoms with Crippen LogP contribution in [0.25, 0.3) is 21.5 Å². The van der Waals surface area contributed by atoms with E-state index in [2.05, 4.69) is 0 Å².